The van der Waals surface area contributed by atoms with E-state index in [1.165, 1.54) is 36.4 Å². The van der Waals surface area contributed by atoms with Gasteiger partial charge in [-0.2, -0.15) is 0 Å². The van der Waals surface area contributed by atoms with E-state index in [1.54, 1.807) is 0 Å². The highest BCUT2D eigenvalue weighted by atomic mass is 79.9. The van der Waals surface area contributed by atoms with Crippen LogP contribution < -0.4 is 10.5 Å². The largest absolute Gasteiger partial charge is 0.452 e. The third-order valence-corrected chi connectivity index (χ3v) is 4.65. The molecule has 0 unspecified atom stereocenters. The van der Waals surface area contributed by atoms with Crippen LogP contribution in [0.3, 0.4) is 0 Å². The van der Waals surface area contributed by atoms with Gasteiger partial charge >= 0.3 is 5.97 Å². The van der Waals surface area contributed by atoms with Gasteiger partial charge in [0.15, 0.2) is 6.61 Å². The van der Waals surface area contributed by atoms with Crippen molar-refractivity contribution in [3.8, 4) is 0 Å². The molecule has 2 aromatic carbocycles. The van der Waals surface area contributed by atoms with Crippen LogP contribution in [0.1, 0.15) is 15.9 Å². The molecular weight excluding hydrogens is 431 g/mol. The van der Waals surface area contributed by atoms with Crippen LogP contribution in [0.25, 0.3) is 0 Å². The Kier molecular flexibility index (Phi) is 6.46. The quantitative estimate of drug-likeness (QED) is 0.657. The number of nitrogens with one attached hydrogen (secondary N) is 1. The number of benzene rings is 2. The van der Waals surface area contributed by atoms with Gasteiger partial charge in [-0.25, -0.2) is 22.7 Å². The number of nitrogens with two attached hydrogens (primary N) is 1. The normalized spacial score (nSPS) is 11.0. The van der Waals surface area contributed by atoms with E-state index in [9.17, 15) is 22.4 Å². The highest BCUT2D eigenvalue weighted by Crippen LogP contribution is 2.16. The van der Waals surface area contributed by atoms with Crippen LogP contribution in [0.4, 0.5) is 4.39 Å². The number of halogens is 2. The maximum Gasteiger partial charge on any atom is 0.341 e. The summed E-state index contributed by atoms with van der Waals surface area (Å²) < 4.78 is 41.1. The average Bonchev–Trinajstić information content (AvgIpc) is 2.59. The summed E-state index contributed by atoms with van der Waals surface area (Å²) in [6, 6.07) is 9.39. The smallest absolute Gasteiger partial charge is 0.341 e. The van der Waals surface area contributed by atoms with Gasteiger partial charge in [-0.05, 0) is 35.9 Å². The number of primary sulfonamides is 1. The van der Waals surface area contributed by atoms with Crippen molar-refractivity contribution in [1.82, 2.24) is 5.32 Å². The van der Waals surface area contributed by atoms with E-state index in [-0.39, 0.29) is 17.0 Å². The van der Waals surface area contributed by atoms with Crippen molar-refractivity contribution in [2.45, 2.75) is 11.4 Å². The van der Waals surface area contributed by atoms with Crippen molar-refractivity contribution in [2.24, 2.45) is 5.14 Å². The lowest BCUT2D eigenvalue weighted by atomic mass is 10.2. The first-order chi connectivity index (χ1) is 12.2. The van der Waals surface area contributed by atoms with Crippen molar-refractivity contribution in [1.29, 1.82) is 0 Å². The summed E-state index contributed by atoms with van der Waals surface area (Å²) in [5, 5.41) is 7.48. The minimum atomic E-state index is -3.78. The second-order valence-electron chi connectivity index (χ2n) is 5.17. The zero-order valence-corrected chi connectivity index (χ0v) is 15.6. The highest BCUT2D eigenvalue weighted by molar-refractivity contribution is 9.10. The summed E-state index contributed by atoms with van der Waals surface area (Å²) >= 11 is 3.11. The first-order valence-electron chi connectivity index (χ1n) is 7.17. The van der Waals surface area contributed by atoms with E-state index in [2.05, 4.69) is 21.2 Å². The summed E-state index contributed by atoms with van der Waals surface area (Å²) in [4.78, 5) is 23.5. The molecule has 26 heavy (non-hydrogen) atoms. The van der Waals surface area contributed by atoms with Crippen LogP contribution in [0.5, 0.6) is 0 Å². The number of hydrogen-bond acceptors (Lipinski definition) is 5. The molecule has 0 saturated carbocycles. The zero-order chi connectivity index (χ0) is 19.3. The molecule has 0 saturated heterocycles. The number of amides is 1. The fraction of sp³-hybridized carbons (Fsp3) is 0.125. The Bertz CT molecular complexity index is 932. The van der Waals surface area contributed by atoms with Crippen LogP contribution in [0, 0.1) is 5.82 Å². The molecule has 0 aliphatic heterocycles. The molecule has 0 aliphatic rings. The molecule has 0 fully saturated rings. The van der Waals surface area contributed by atoms with Crippen LogP contribution in [0.15, 0.2) is 51.8 Å². The lowest BCUT2D eigenvalue weighted by Gasteiger charge is -2.08. The molecule has 7 nitrogen and oxygen atoms in total. The molecule has 0 heterocycles. The summed E-state index contributed by atoms with van der Waals surface area (Å²) in [6.07, 6.45) is 0. The number of rotatable bonds is 6. The van der Waals surface area contributed by atoms with E-state index in [1.807, 2.05) is 0 Å². The fourth-order valence-electron chi connectivity index (χ4n) is 1.91. The molecule has 0 radical (unpaired) electrons. The third kappa shape index (κ3) is 5.61. The molecule has 0 aromatic heterocycles. The van der Waals surface area contributed by atoms with E-state index in [0.717, 1.165) is 6.07 Å². The van der Waals surface area contributed by atoms with E-state index < -0.39 is 34.3 Å². The monoisotopic (exact) mass is 444 g/mol. The number of sulfonamides is 1. The van der Waals surface area contributed by atoms with Gasteiger partial charge < -0.3 is 10.1 Å². The number of carbonyl (C=O) groups is 2. The Hall–Kier alpha value is -2.30. The topological polar surface area (TPSA) is 116 Å². The molecule has 0 spiro atoms. The molecule has 2 aromatic rings. The highest BCUT2D eigenvalue weighted by Gasteiger charge is 2.15. The summed E-state index contributed by atoms with van der Waals surface area (Å²) in [6.45, 7) is -0.493. The first kappa shape index (κ1) is 20.0. The average molecular weight is 445 g/mol. The zero-order valence-electron chi connectivity index (χ0n) is 13.2. The van der Waals surface area contributed by atoms with Gasteiger partial charge in [-0.15, -0.1) is 0 Å². The lowest BCUT2D eigenvalue weighted by Crippen LogP contribution is -2.28. The van der Waals surface area contributed by atoms with Crippen molar-refractivity contribution >= 4 is 37.8 Å². The Labute approximate surface area is 157 Å². The number of hydrogen-bond donors (Lipinski definition) is 2. The third-order valence-electron chi connectivity index (χ3n) is 3.22. The molecule has 0 bridgehead atoms. The van der Waals surface area contributed by atoms with E-state index in [4.69, 9.17) is 9.88 Å². The van der Waals surface area contributed by atoms with Gasteiger partial charge in [0.05, 0.1) is 10.5 Å². The second kappa shape index (κ2) is 8.39. The molecule has 0 atom stereocenters. The van der Waals surface area contributed by atoms with Crippen LogP contribution >= 0.6 is 15.9 Å². The summed E-state index contributed by atoms with van der Waals surface area (Å²) in [5.74, 6) is -2.31. The van der Waals surface area contributed by atoms with Gasteiger partial charge in [-0.1, -0.05) is 28.1 Å². The van der Waals surface area contributed by atoms with E-state index >= 15 is 0 Å². The second-order valence-corrected chi connectivity index (χ2v) is 7.64. The van der Waals surface area contributed by atoms with Crippen molar-refractivity contribution in [2.75, 3.05) is 6.61 Å². The van der Waals surface area contributed by atoms with Gasteiger partial charge in [-0.3, -0.25) is 4.79 Å². The predicted octanol–water partition coefficient (Wildman–Crippen LogP) is 1.71. The maximum atomic E-state index is 13.6. The van der Waals surface area contributed by atoms with Crippen LogP contribution in [-0.2, 0) is 26.1 Å². The van der Waals surface area contributed by atoms with Gasteiger partial charge in [0.25, 0.3) is 5.91 Å². The number of ether oxygens (including phenoxy) is 1. The SMILES string of the molecule is NS(=O)(=O)c1ccc(CNC(=O)COC(=O)c2cc(Br)ccc2F)cc1. The van der Waals surface area contributed by atoms with Crippen molar-refractivity contribution in [3.63, 3.8) is 0 Å². The van der Waals surface area contributed by atoms with Gasteiger partial charge in [0.1, 0.15) is 5.82 Å². The number of carbonyl (C=O) groups excluding carboxylic acids is 2. The van der Waals surface area contributed by atoms with Crippen molar-refractivity contribution in [3.05, 3.63) is 63.9 Å². The Morgan fingerprint density at radius 3 is 2.42 bits per heavy atom. The predicted molar refractivity (Wildman–Crippen MR) is 94.0 cm³/mol. The van der Waals surface area contributed by atoms with Gasteiger partial charge in [0, 0.05) is 11.0 Å². The minimum absolute atomic E-state index is 0.0439. The van der Waals surface area contributed by atoms with Gasteiger partial charge in [0.2, 0.25) is 10.0 Å². The molecule has 10 heteroatoms. The molecule has 3 N–H and O–H groups in total. The summed E-state index contributed by atoms with van der Waals surface area (Å²) in [5.41, 5.74) is 0.334. The molecular formula is C16H14BrFN2O5S. The lowest BCUT2D eigenvalue weighted by molar-refractivity contribution is -0.124. The van der Waals surface area contributed by atoms with Crippen molar-refractivity contribution < 1.29 is 27.1 Å². The minimum Gasteiger partial charge on any atom is -0.452 e. The Balaban J connectivity index is 1.85. The molecule has 0 aliphatic carbocycles. The van der Waals surface area contributed by atoms with E-state index in [0.29, 0.717) is 10.0 Å². The Morgan fingerprint density at radius 2 is 1.81 bits per heavy atom. The molecule has 2 rings (SSSR count). The molecule has 1 amide bonds. The number of esters is 1. The fourth-order valence-corrected chi connectivity index (χ4v) is 2.79. The standard InChI is InChI=1S/C16H14BrFN2O5S/c17-11-3-6-14(18)13(7-11)16(22)25-9-15(21)20-8-10-1-4-12(5-2-10)26(19,23)24/h1-7H,8-9H2,(H,20,21)(H2,19,23,24). The Morgan fingerprint density at radius 1 is 1.15 bits per heavy atom. The molecule has 138 valence electrons. The van der Waals surface area contributed by atoms with Crippen LogP contribution in [-0.4, -0.2) is 26.9 Å². The summed E-state index contributed by atoms with van der Waals surface area (Å²) in [7, 11) is -3.78. The first-order valence-corrected chi connectivity index (χ1v) is 9.51. The maximum absolute atomic E-state index is 13.6. The van der Waals surface area contributed by atoms with Crippen LogP contribution in [0.2, 0.25) is 0 Å².